The van der Waals surface area contributed by atoms with Crippen molar-refractivity contribution in [2.75, 3.05) is 23.6 Å². The fourth-order valence-corrected chi connectivity index (χ4v) is 6.50. The summed E-state index contributed by atoms with van der Waals surface area (Å²) in [5.41, 5.74) is 0.912. The third kappa shape index (κ3) is 4.34. The lowest BCUT2D eigenvalue weighted by molar-refractivity contribution is 0.102. The predicted octanol–water partition coefficient (Wildman–Crippen LogP) is 2.60. The summed E-state index contributed by atoms with van der Waals surface area (Å²) in [5.74, 6) is -0.609. The van der Waals surface area contributed by atoms with Crippen LogP contribution in [0.15, 0.2) is 76.4 Å². The largest absolute Gasteiger partial charge is 0.733 e. The molecule has 2 bridgehead atoms. The van der Waals surface area contributed by atoms with Gasteiger partial charge in [-0.25, -0.2) is 8.42 Å². The Balaban J connectivity index is 1.33. The number of benzene rings is 2. The number of carbonyl (C=O) groups excluding carboxylic acids is 1. The lowest BCUT2D eigenvalue weighted by Gasteiger charge is -2.42. The molecule has 3 aromatic rings. The van der Waals surface area contributed by atoms with Crippen LogP contribution >= 0.6 is 0 Å². The maximum atomic E-state index is 13.4. The average molecular weight is 496 g/mol. The third-order valence-electron chi connectivity index (χ3n) is 6.55. The molecule has 2 aliphatic rings. The van der Waals surface area contributed by atoms with Crippen molar-refractivity contribution in [2.45, 2.75) is 23.8 Å². The molecule has 1 fully saturated rings. The fourth-order valence-electron chi connectivity index (χ4n) is 4.94. The molecule has 182 valence electrons. The summed E-state index contributed by atoms with van der Waals surface area (Å²) in [6.45, 7) is 1.13. The standard InChI is InChI=1S/C24H23N4O6S/c29-23-7-3-6-21-17-12-16(14-27(21)23)13-26(15-17)35(33,34)19-10-8-18(9-11-19)25-24(30)20-4-1-2-5-22(20)28(31)32/h1-11,16-17,31H,12-15H2,(H,25,30)/q-1. The highest BCUT2D eigenvalue weighted by atomic mass is 32.2. The number of pyridine rings is 1. The van der Waals surface area contributed by atoms with Crippen LogP contribution in [-0.2, 0) is 16.6 Å². The van der Waals surface area contributed by atoms with Crippen molar-refractivity contribution >= 4 is 27.3 Å². The lowest BCUT2D eigenvalue weighted by atomic mass is 9.84. The summed E-state index contributed by atoms with van der Waals surface area (Å²) < 4.78 is 30.0. The Morgan fingerprint density at radius 3 is 2.49 bits per heavy atom. The number of hydrogen-bond acceptors (Lipinski definition) is 7. The van der Waals surface area contributed by atoms with Gasteiger partial charge in [-0.2, -0.15) is 4.31 Å². The second-order valence-corrected chi connectivity index (χ2v) is 10.7. The first-order valence-corrected chi connectivity index (χ1v) is 12.5. The van der Waals surface area contributed by atoms with E-state index in [4.69, 9.17) is 0 Å². The van der Waals surface area contributed by atoms with E-state index in [2.05, 4.69) is 5.32 Å². The average Bonchev–Trinajstić information content (AvgIpc) is 2.85. The minimum absolute atomic E-state index is 0.0269. The van der Waals surface area contributed by atoms with Gasteiger partial charge in [-0.3, -0.25) is 14.8 Å². The van der Waals surface area contributed by atoms with Crippen molar-refractivity contribution in [3.63, 3.8) is 0 Å². The Morgan fingerprint density at radius 2 is 1.74 bits per heavy atom. The van der Waals surface area contributed by atoms with Crippen molar-refractivity contribution in [3.8, 4) is 0 Å². The summed E-state index contributed by atoms with van der Waals surface area (Å²) in [6.07, 6.45) is 0.844. The monoisotopic (exact) mass is 495 g/mol. The van der Waals surface area contributed by atoms with Crippen LogP contribution in [0.1, 0.15) is 28.4 Å². The summed E-state index contributed by atoms with van der Waals surface area (Å²) in [7, 11) is -3.78. The van der Waals surface area contributed by atoms with Crippen molar-refractivity contribution in [1.82, 2.24) is 8.87 Å². The summed E-state index contributed by atoms with van der Waals surface area (Å²) in [6, 6.07) is 16.7. The quantitative estimate of drug-likeness (QED) is 0.520. The molecular formula is C24H23N4O6S-. The van der Waals surface area contributed by atoms with Crippen LogP contribution < -0.4 is 16.1 Å². The summed E-state index contributed by atoms with van der Waals surface area (Å²) >= 11 is 0. The van der Waals surface area contributed by atoms with Crippen LogP contribution in [0, 0.1) is 11.1 Å². The van der Waals surface area contributed by atoms with Crippen LogP contribution in [0.4, 0.5) is 11.4 Å². The van der Waals surface area contributed by atoms with Crippen LogP contribution in [0.2, 0.25) is 0 Å². The molecule has 0 radical (unpaired) electrons. The number of nitrogens with one attached hydrogen (secondary N) is 1. The maximum absolute atomic E-state index is 13.4. The molecule has 11 heteroatoms. The molecule has 3 heterocycles. The van der Waals surface area contributed by atoms with Gasteiger partial charge in [-0.05, 0) is 54.8 Å². The lowest BCUT2D eigenvalue weighted by Crippen LogP contribution is -2.48. The van der Waals surface area contributed by atoms with Gasteiger partial charge in [0.2, 0.25) is 10.0 Å². The SMILES string of the molecule is O=C(Nc1ccc(S(=O)(=O)N2CC3CC(C2)c2cccc(=O)n2C3)cc1)c1ccccc1N([O-])O. The van der Waals surface area contributed by atoms with E-state index in [1.54, 1.807) is 16.7 Å². The van der Waals surface area contributed by atoms with Gasteiger partial charge in [-0.1, -0.05) is 18.2 Å². The third-order valence-corrected chi connectivity index (χ3v) is 8.40. The molecule has 2 aromatic carbocycles. The molecule has 2 N–H and O–H groups in total. The number of anilines is 2. The number of aromatic nitrogens is 1. The van der Waals surface area contributed by atoms with E-state index in [1.807, 2.05) is 6.07 Å². The number of fused-ring (bicyclic) bond motifs is 4. The molecular weight excluding hydrogens is 472 g/mol. The first kappa shape index (κ1) is 23.2. The zero-order valence-electron chi connectivity index (χ0n) is 18.6. The molecule has 0 aliphatic carbocycles. The Labute approximate surface area is 201 Å². The minimum atomic E-state index is -3.78. The van der Waals surface area contributed by atoms with Crippen molar-refractivity contribution in [2.24, 2.45) is 5.92 Å². The number of sulfonamides is 1. The molecule has 1 saturated heterocycles. The first-order chi connectivity index (χ1) is 16.7. The van der Waals surface area contributed by atoms with Crippen molar-refractivity contribution in [1.29, 1.82) is 0 Å². The molecule has 0 spiro atoms. The van der Waals surface area contributed by atoms with E-state index in [0.717, 1.165) is 12.1 Å². The number of piperidine rings is 1. The van der Waals surface area contributed by atoms with E-state index in [1.165, 1.54) is 52.8 Å². The van der Waals surface area contributed by atoms with Crippen LogP contribution in [0.25, 0.3) is 0 Å². The van der Waals surface area contributed by atoms with Gasteiger partial charge < -0.3 is 20.3 Å². The number of nitrogens with zero attached hydrogens (tertiary/aromatic N) is 3. The molecule has 10 nitrogen and oxygen atoms in total. The van der Waals surface area contributed by atoms with Gasteiger partial charge in [0.05, 0.1) is 16.1 Å². The van der Waals surface area contributed by atoms with Gasteiger partial charge in [0, 0.05) is 43.0 Å². The smallest absolute Gasteiger partial charge is 0.257 e. The zero-order chi connectivity index (χ0) is 24.7. The molecule has 1 aromatic heterocycles. The van der Waals surface area contributed by atoms with E-state index < -0.39 is 15.9 Å². The molecule has 35 heavy (non-hydrogen) atoms. The van der Waals surface area contributed by atoms with E-state index >= 15 is 0 Å². The minimum Gasteiger partial charge on any atom is -0.733 e. The van der Waals surface area contributed by atoms with Crippen molar-refractivity contribution < 1.29 is 18.4 Å². The topological polar surface area (TPSA) is 135 Å². The van der Waals surface area contributed by atoms with Gasteiger partial charge in [0.1, 0.15) is 0 Å². The number of carbonyl (C=O) groups is 1. The van der Waals surface area contributed by atoms with E-state index in [0.29, 0.717) is 25.3 Å². The second kappa shape index (κ2) is 8.93. The summed E-state index contributed by atoms with van der Waals surface area (Å²) in [4.78, 5) is 24.9. The van der Waals surface area contributed by atoms with Gasteiger partial charge in [0.25, 0.3) is 11.5 Å². The number of hydrogen-bond donors (Lipinski definition) is 2. The normalized spacial score (nSPS) is 19.6. The van der Waals surface area contributed by atoms with E-state index in [-0.39, 0.29) is 38.8 Å². The van der Waals surface area contributed by atoms with Gasteiger partial charge >= 0.3 is 0 Å². The highest BCUT2D eigenvalue weighted by Crippen LogP contribution is 2.37. The fraction of sp³-hybridized carbons (Fsp3) is 0.250. The second-order valence-electron chi connectivity index (χ2n) is 8.79. The van der Waals surface area contributed by atoms with Gasteiger partial charge in [0.15, 0.2) is 0 Å². The Kier molecular flexibility index (Phi) is 5.93. The number of rotatable bonds is 5. The predicted molar refractivity (Wildman–Crippen MR) is 129 cm³/mol. The Hall–Kier alpha value is -3.51. The number of para-hydroxylation sites is 1. The molecule has 5 rings (SSSR count). The van der Waals surface area contributed by atoms with Crippen LogP contribution in [0.3, 0.4) is 0 Å². The molecule has 2 unspecified atom stereocenters. The van der Waals surface area contributed by atoms with Crippen LogP contribution in [-0.4, -0.2) is 41.5 Å². The van der Waals surface area contributed by atoms with E-state index in [9.17, 15) is 28.4 Å². The highest BCUT2D eigenvalue weighted by Gasteiger charge is 2.39. The molecule has 0 saturated carbocycles. The Morgan fingerprint density at radius 1 is 1.00 bits per heavy atom. The summed E-state index contributed by atoms with van der Waals surface area (Å²) in [5, 5.41) is 22.7. The maximum Gasteiger partial charge on any atom is 0.257 e. The Bertz CT molecular complexity index is 1430. The molecule has 2 atom stereocenters. The number of amides is 1. The van der Waals surface area contributed by atoms with Crippen LogP contribution in [0.5, 0.6) is 0 Å². The van der Waals surface area contributed by atoms with Gasteiger partial charge in [-0.15, -0.1) is 0 Å². The zero-order valence-corrected chi connectivity index (χ0v) is 19.4. The van der Waals surface area contributed by atoms with Crippen molar-refractivity contribution in [3.05, 3.63) is 93.5 Å². The molecule has 1 amide bonds. The first-order valence-electron chi connectivity index (χ1n) is 11.1. The molecule has 2 aliphatic heterocycles. The highest BCUT2D eigenvalue weighted by molar-refractivity contribution is 7.89.